The average molecular weight is 386 g/mol. The van der Waals surface area contributed by atoms with Gasteiger partial charge in [-0.2, -0.15) is 4.98 Å². The molecule has 152 valence electrons. The van der Waals surface area contributed by atoms with E-state index in [0.29, 0.717) is 37.1 Å². The number of nitrogens with zero attached hydrogens (tertiary/aromatic N) is 3. The van der Waals surface area contributed by atoms with Gasteiger partial charge >= 0.3 is 0 Å². The van der Waals surface area contributed by atoms with Gasteiger partial charge in [0.2, 0.25) is 17.6 Å². The predicted octanol–water partition coefficient (Wildman–Crippen LogP) is 2.91. The van der Waals surface area contributed by atoms with E-state index < -0.39 is 0 Å². The Morgan fingerprint density at radius 3 is 2.71 bits per heavy atom. The molecule has 1 aromatic carbocycles. The summed E-state index contributed by atoms with van der Waals surface area (Å²) in [6, 6.07) is 7.82. The Kier molecular flexibility index (Phi) is 7.03. The highest BCUT2D eigenvalue weighted by molar-refractivity contribution is 5.76. The average Bonchev–Trinajstić information content (AvgIpc) is 3.20. The maximum atomic E-state index is 12.2. The highest BCUT2D eigenvalue weighted by atomic mass is 16.5. The van der Waals surface area contributed by atoms with E-state index >= 15 is 0 Å². The smallest absolute Gasteiger partial charge is 0.227 e. The van der Waals surface area contributed by atoms with Crippen molar-refractivity contribution in [3.05, 3.63) is 30.2 Å². The third-order valence-electron chi connectivity index (χ3n) is 5.42. The molecule has 7 heteroatoms. The first-order chi connectivity index (χ1) is 13.5. The molecule has 28 heavy (non-hydrogen) atoms. The molecule has 1 atom stereocenters. The van der Waals surface area contributed by atoms with Crippen LogP contribution in [0.2, 0.25) is 0 Å². The molecule has 0 spiro atoms. The van der Waals surface area contributed by atoms with Gasteiger partial charge in [0.05, 0.1) is 7.11 Å². The van der Waals surface area contributed by atoms with Crippen LogP contribution in [0.3, 0.4) is 0 Å². The molecule has 1 saturated heterocycles. The van der Waals surface area contributed by atoms with Gasteiger partial charge < -0.3 is 14.6 Å². The number of amides is 1. The van der Waals surface area contributed by atoms with E-state index in [1.54, 1.807) is 7.11 Å². The second-order valence-electron chi connectivity index (χ2n) is 7.61. The third kappa shape index (κ3) is 5.55. The zero-order valence-corrected chi connectivity index (χ0v) is 17.0. The number of hydrogen-bond acceptors (Lipinski definition) is 6. The van der Waals surface area contributed by atoms with Crippen LogP contribution in [0.25, 0.3) is 11.4 Å². The van der Waals surface area contributed by atoms with Crippen LogP contribution in [0.5, 0.6) is 5.75 Å². The number of aryl methyl sites for hydroxylation is 1. The predicted molar refractivity (Wildman–Crippen MR) is 107 cm³/mol. The van der Waals surface area contributed by atoms with Crippen LogP contribution in [0.4, 0.5) is 0 Å². The Bertz CT molecular complexity index is 751. The van der Waals surface area contributed by atoms with Crippen LogP contribution in [-0.4, -0.2) is 53.7 Å². The number of likely N-dealkylation sites (tertiary alicyclic amines) is 1. The molecule has 0 radical (unpaired) electrons. The minimum atomic E-state index is 0.0152. The molecule has 0 saturated carbocycles. The van der Waals surface area contributed by atoms with E-state index in [2.05, 4.69) is 34.2 Å². The lowest BCUT2D eigenvalue weighted by atomic mass is 9.98. The van der Waals surface area contributed by atoms with Gasteiger partial charge in [-0.3, -0.25) is 9.69 Å². The number of carbonyl (C=O) groups is 1. The van der Waals surface area contributed by atoms with E-state index in [-0.39, 0.29) is 5.91 Å². The Morgan fingerprint density at radius 2 is 2.04 bits per heavy atom. The van der Waals surface area contributed by atoms with Crippen molar-refractivity contribution < 1.29 is 14.1 Å². The first-order valence-electron chi connectivity index (χ1n) is 10.0. The van der Waals surface area contributed by atoms with Crippen LogP contribution < -0.4 is 10.1 Å². The molecule has 3 rings (SSSR count). The number of rotatable bonds is 8. The number of benzene rings is 1. The fourth-order valence-corrected chi connectivity index (χ4v) is 3.38. The molecule has 2 aromatic rings. The number of piperidine rings is 1. The quantitative estimate of drug-likeness (QED) is 0.751. The topological polar surface area (TPSA) is 80.5 Å². The maximum absolute atomic E-state index is 12.2. The number of ether oxygens (including phenoxy) is 1. The molecule has 1 aliphatic rings. The molecule has 1 unspecified atom stereocenters. The van der Waals surface area contributed by atoms with Crippen LogP contribution in [0, 0.1) is 5.92 Å². The van der Waals surface area contributed by atoms with Gasteiger partial charge in [-0.05, 0) is 63.0 Å². The normalized spacial score (nSPS) is 16.7. The van der Waals surface area contributed by atoms with E-state index in [0.717, 1.165) is 30.3 Å². The minimum absolute atomic E-state index is 0.0152. The summed E-state index contributed by atoms with van der Waals surface area (Å²) >= 11 is 0. The summed E-state index contributed by atoms with van der Waals surface area (Å²) in [5, 5.41) is 7.02. The summed E-state index contributed by atoms with van der Waals surface area (Å²) in [5.74, 6) is 2.60. The highest BCUT2D eigenvalue weighted by Gasteiger charge is 2.20. The Morgan fingerprint density at radius 1 is 1.32 bits per heavy atom. The monoisotopic (exact) mass is 386 g/mol. The van der Waals surface area contributed by atoms with E-state index in [1.807, 2.05) is 24.3 Å². The summed E-state index contributed by atoms with van der Waals surface area (Å²) in [6.45, 7) is 7.40. The van der Waals surface area contributed by atoms with Crippen LogP contribution >= 0.6 is 0 Å². The van der Waals surface area contributed by atoms with Crippen molar-refractivity contribution in [2.75, 3.05) is 26.7 Å². The molecule has 7 nitrogen and oxygen atoms in total. The highest BCUT2D eigenvalue weighted by Crippen LogP contribution is 2.20. The lowest BCUT2D eigenvalue weighted by molar-refractivity contribution is -0.121. The number of aromatic nitrogens is 2. The summed E-state index contributed by atoms with van der Waals surface area (Å²) in [5.41, 5.74) is 0.852. The van der Waals surface area contributed by atoms with Gasteiger partial charge in [0.25, 0.3) is 0 Å². The van der Waals surface area contributed by atoms with Gasteiger partial charge in [-0.1, -0.05) is 12.1 Å². The molecule has 2 heterocycles. The van der Waals surface area contributed by atoms with Gasteiger partial charge in [-0.15, -0.1) is 0 Å². The van der Waals surface area contributed by atoms with Gasteiger partial charge in [-0.25, -0.2) is 0 Å². The van der Waals surface area contributed by atoms with E-state index in [4.69, 9.17) is 9.26 Å². The Balaban J connectivity index is 1.41. The Hall–Kier alpha value is -2.41. The van der Waals surface area contributed by atoms with Crippen molar-refractivity contribution >= 4 is 5.91 Å². The summed E-state index contributed by atoms with van der Waals surface area (Å²) in [4.78, 5) is 19.0. The first kappa shape index (κ1) is 20.3. The van der Waals surface area contributed by atoms with Crippen molar-refractivity contribution in [2.45, 2.75) is 45.6 Å². The number of hydrogen-bond donors (Lipinski definition) is 1. The standard InChI is InChI=1S/C21H30N4O3/c1-15-10-12-25(13-11-15)16(2)14-22-19(26)8-9-20-23-21(24-28-20)17-4-6-18(27-3)7-5-17/h4-7,15-16H,8-14H2,1-3H3,(H,22,26). The molecule has 1 fully saturated rings. The van der Waals surface area contributed by atoms with Crippen LogP contribution in [0.1, 0.15) is 39.0 Å². The second-order valence-corrected chi connectivity index (χ2v) is 7.61. The summed E-state index contributed by atoms with van der Waals surface area (Å²) < 4.78 is 10.4. The van der Waals surface area contributed by atoms with E-state index in [9.17, 15) is 4.79 Å². The van der Waals surface area contributed by atoms with Crippen molar-refractivity contribution in [3.63, 3.8) is 0 Å². The molecule has 1 aromatic heterocycles. The molecule has 0 bridgehead atoms. The fraction of sp³-hybridized carbons (Fsp3) is 0.571. The molecular formula is C21H30N4O3. The number of carbonyl (C=O) groups excluding carboxylic acids is 1. The largest absolute Gasteiger partial charge is 0.497 e. The van der Waals surface area contributed by atoms with Crippen molar-refractivity contribution in [2.24, 2.45) is 5.92 Å². The maximum Gasteiger partial charge on any atom is 0.227 e. The molecule has 1 amide bonds. The Labute approximate surface area is 166 Å². The molecular weight excluding hydrogens is 356 g/mol. The zero-order chi connectivity index (χ0) is 19.9. The number of methoxy groups -OCH3 is 1. The van der Waals surface area contributed by atoms with Gasteiger partial charge in [0, 0.05) is 31.0 Å². The van der Waals surface area contributed by atoms with Crippen LogP contribution in [0.15, 0.2) is 28.8 Å². The van der Waals surface area contributed by atoms with Gasteiger partial charge in [0.15, 0.2) is 0 Å². The SMILES string of the molecule is COc1ccc(-c2noc(CCC(=O)NCC(C)N3CCC(C)CC3)n2)cc1. The third-order valence-corrected chi connectivity index (χ3v) is 5.42. The van der Waals surface area contributed by atoms with Crippen molar-refractivity contribution in [1.82, 2.24) is 20.4 Å². The molecule has 1 aliphatic heterocycles. The zero-order valence-electron chi connectivity index (χ0n) is 17.0. The lowest BCUT2D eigenvalue weighted by Crippen LogP contribution is -2.45. The second kappa shape index (κ2) is 9.68. The molecule has 1 N–H and O–H groups in total. The van der Waals surface area contributed by atoms with Crippen LogP contribution in [-0.2, 0) is 11.2 Å². The summed E-state index contributed by atoms with van der Waals surface area (Å²) in [6.07, 6.45) is 3.26. The molecule has 0 aliphatic carbocycles. The minimum Gasteiger partial charge on any atom is -0.497 e. The van der Waals surface area contributed by atoms with Crippen molar-refractivity contribution in [1.29, 1.82) is 0 Å². The lowest BCUT2D eigenvalue weighted by Gasteiger charge is -2.35. The van der Waals surface area contributed by atoms with Crippen molar-refractivity contribution in [3.8, 4) is 17.1 Å². The summed E-state index contributed by atoms with van der Waals surface area (Å²) in [7, 11) is 1.63. The van der Waals surface area contributed by atoms with Gasteiger partial charge in [0.1, 0.15) is 5.75 Å². The first-order valence-corrected chi connectivity index (χ1v) is 10.0. The number of nitrogens with one attached hydrogen (secondary N) is 1. The van der Waals surface area contributed by atoms with E-state index in [1.165, 1.54) is 12.8 Å². The fourth-order valence-electron chi connectivity index (χ4n) is 3.38.